The number of aromatic nitrogens is 4. The standard InChI is InChI=1S/C10H8N2O3.C9H6N2O3/c1-15-10(14)7-4-2-3-6-8(7)11-5-12-9(6)13;12-8-5-2-1-3-6(9(13)14)7(5)10-4-11-8/h2-5H,1H3,(H,11,12,13);1-4H,(H,13,14)(H,10,11,12). The number of aromatic amines is 2. The number of ether oxygens (including phenoxy) is 1. The predicted molar refractivity (Wildman–Crippen MR) is 103 cm³/mol. The maximum Gasteiger partial charge on any atom is 0.340 e. The number of nitrogens with zero attached hydrogens (tertiary/aromatic N) is 2. The average Bonchev–Trinajstić information content (AvgIpc) is 2.73. The molecule has 4 rings (SSSR count). The van der Waals surface area contributed by atoms with Gasteiger partial charge in [0.25, 0.3) is 11.1 Å². The molecule has 0 bridgehead atoms. The van der Waals surface area contributed by atoms with Crippen LogP contribution in [-0.4, -0.2) is 44.1 Å². The molecule has 0 saturated heterocycles. The minimum Gasteiger partial charge on any atom is -0.478 e. The number of fused-ring (bicyclic) bond motifs is 2. The van der Waals surface area contributed by atoms with Crippen LogP contribution in [0.1, 0.15) is 20.7 Å². The van der Waals surface area contributed by atoms with Gasteiger partial charge in [-0.2, -0.15) is 0 Å². The van der Waals surface area contributed by atoms with E-state index in [0.29, 0.717) is 16.5 Å². The maximum atomic E-state index is 11.4. The molecule has 0 amide bonds. The third kappa shape index (κ3) is 3.86. The normalized spacial score (nSPS) is 10.2. The number of methoxy groups -OCH3 is 1. The molecule has 0 saturated carbocycles. The minimum atomic E-state index is -1.09. The number of carbonyl (C=O) groups is 2. The van der Waals surface area contributed by atoms with Gasteiger partial charge in [-0.15, -0.1) is 0 Å². The van der Waals surface area contributed by atoms with Crippen molar-refractivity contribution in [2.75, 3.05) is 7.11 Å². The van der Waals surface area contributed by atoms with Gasteiger partial charge in [0.15, 0.2) is 0 Å². The molecule has 0 aliphatic rings. The average molecular weight is 394 g/mol. The van der Waals surface area contributed by atoms with Crippen molar-refractivity contribution in [2.24, 2.45) is 0 Å². The lowest BCUT2D eigenvalue weighted by molar-refractivity contribution is 0.0601. The maximum absolute atomic E-state index is 11.4. The van der Waals surface area contributed by atoms with E-state index in [2.05, 4.69) is 24.7 Å². The summed E-state index contributed by atoms with van der Waals surface area (Å²) in [5.41, 5.74) is 0.287. The Kier molecular flexibility index (Phi) is 5.44. The highest BCUT2D eigenvalue weighted by atomic mass is 16.5. The number of nitrogens with one attached hydrogen (secondary N) is 2. The molecule has 10 heteroatoms. The molecule has 2 heterocycles. The minimum absolute atomic E-state index is 0.0357. The third-order valence-corrected chi connectivity index (χ3v) is 3.98. The number of rotatable bonds is 2. The number of H-pyrrole nitrogens is 2. The molecule has 0 fully saturated rings. The van der Waals surface area contributed by atoms with E-state index < -0.39 is 11.9 Å². The number of hydrogen-bond donors (Lipinski definition) is 3. The lowest BCUT2D eigenvalue weighted by Gasteiger charge is -2.01. The molecule has 3 N–H and O–H groups in total. The summed E-state index contributed by atoms with van der Waals surface area (Å²) in [5, 5.41) is 9.48. The summed E-state index contributed by atoms with van der Waals surface area (Å²) in [6.07, 6.45) is 2.45. The van der Waals surface area contributed by atoms with E-state index in [1.54, 1.807) is 18.2 Å². The molecule has 0 spiro atoms. The second kappa shape index (κ2) is 8.13. The van der Waals surface area contributed by atoms with Crippen LogP contribution in [0, 0.1) is 0 Å². The molecule has 0 unspecified atom stereocenters. The first-order chi connectivity index (χ1) is 13.9. The SMILES string of the molecule is COC(=O)c1cccc2c(=O)[nH]cnc12.O=C(O)c1cccc2c(=O)[nH]cnc12. The summed E-state index contributed by atoms with van der Waals surface area (Å²) < 4.78 is 4.59. The Hall–Kier alpha value is -4.34. The molecule has 2 aromatic heterocycles. The van der Waals surface area contributed by atoms with Gasteiger partial charge in [-0.3, -0.25) is 9.59 Å². The highest BCUT2D eigenvalue weighted by Gasteiger charge is 2.12. The first-order valence-corrected chi connectivity index (χ1v) is 8.18. The zero-order valence-electron chi connectivity index (χ0n) is 15.0. The van der Waals surface area contributed by atoms with Gasteiger partial charge in [-0.1, -0.05) is 12.1 Å². The van der Waals surface area contributed by atoms with E-state index >= 15 is 0 Å². The van der Waals surface area contributed by atoms with Crippen LogP contribution in [0.3, 0.4) is 0 Å². The van der Waals surface area contributed by atoms with Crippen molar-refractivity contribution >= 4 is 33.7 Å². The van der Waals surface area contributed by atoms with Crippen molar-refractivity contribution in [1.29, 1.82) is 0 Å². The monoisotopic (exact) mass is 394 g/mol. The summed E-state index contributed by atoms with van der Waals surface area (Å²) in [7, 11) is 1.29. The Balaban J connectivity index is 0.000000166. The van der Waals surface area contributed by atoms with E-state index in [0.717, 1.165) is 0 Å². The summed E-state index contributed by atoms with van der Waals surface area (Å²) in [5.74, 6) is -1.59. The van der Waals surface area contributed by atoms with Gasteiger partial charge >= 0.3 is 11.9 Å². The van der Waals surface area contributed by atoms with Gasteiger partial charge in [0.05, 0.1) is 52.7 Å². The second-order valence-corrected chi connectivity index (χ2v) is 5.66. The second-order valence-electron chi connectivity index (χ2n) is 5.66. The van der Waals surface area contributed by atoms with Gasteiger partial charge in [0.2, 0.25) is 0 Å². The van der Waals surface area contributed by atoms with Gasteiger partial charge in [-0.25, -0.2) is 19.6 Å². The number of carbonyl (C=O) groups excluding carboxylic acids is 1. The molecule has 0 radical (unpaired) electrons. The quantitative estimate of drug-likeness (QED) is 0.430. The first-order valence-electron chi connectivity index (χ1n) is 8.18. The van der Waals surface area contributed by atoms with Gasteiger partial charge in [0, 0.05) is 0 Å². The Labute approximate surface area is 161 Å². The van der Waals surface area contributed by atoms with Gasteiger partial charge < -0.3 is 19.8 Å². The zero-order chi connectivity index (χ0) is 21.0. The molecule has 2 aromatic carbocycles. The van der Waals surface area contributed by atoms with Crippen LogP contribution in [-0.2, 0) is 4.74 Å². The largest absolute Gasteiger partial charge is 0.478 e. The van der Waals surface area contributed by atoms with E-state index in [-0.39, 0.29) is 27.6 Å². The van der Waals surface area contributed by atoms with E-state index in [1.165, 1.54) is 38.0 Å². The molecule has 0 aliphatic carbocycles. The van der Waals surface area contributed by atoms with Gasteiger partial charge in [0.1, 0.15) is 0 Å². The van der Waals surface area contributed by atoms with Crippen molar-refractivity contribution in [3.8, 4) is 0 Å². The lowest BCUT2D eigenvalue weighted by Crippen LogP contribution is -2.10. The molecular formula is C19H14N4O6. The van der Waals surface area contributed by atoms with E-state index in [1.807, 2.05) is 0 Å². The third-order valence-electron chi connectivity index (χ3n) is 3.98. The van der Waals surface area contributed by atoms with Crippen molar-refractivity contribution in [2.45, 2.75) is 0 Å². The fourth-order valence-corrected chi connectivity index (χ4v) is 2.65. The Morgan fingerprint density at radius 1 is 0.862 bits per heavy atom. The van der Waals surface area contributed by atoms with Gasteiger partial charge in [-0.05, 0) is 24.3 Å². The Morgan fingerprint density at radius 3 is 1.83 bits per heavy atom. The first kappa shape index (κ1) is 19.4. The summed E-state index contributed by atoms with van der Waals surface area (Å²) in [4.78, 5) is 57.4. The molecule has 10 nitrogen and oxygen atoms in total. The van der Waals surface area contributed by atoms with Crippen LogP contribution in [0.2, 0.25) is 0 Å². The van der Waals surface area contributed by atoms with Crippen LogP contribution in [0.5, 0.6) is 0 Å². The number of benzene rings is 2. The van der Waals surface area contributed by atoms with E-state index in [4.69, 9.17) is 5.11 Å². The zero-order valence-corrected chi connectivity index (χ0v) is 15.0. The number of para-hydroxylation sites is 2. The van der Waals surface area contributed by atoms with Crippen LogP contribution < -0.4 is 11.1 Å². The molecule has 4 aromatic rings. The molecular weight excluding hydrogens is 380 g/mol. The van der Waals surface area contributed by atoms with Crippen LogP contribution in [0.25, 0.3) is 21.8 Å². The van der Waals surface area contributed by atoms with Crippen molar-refractivity contribution in [3.63, 3.8) is 0 Å². The fraction of sp³-hybridized carbons (Fsp3) is 0.0526. The van der Waals surface area contributed by atoms with Crippen LogP contribution >= 0.6 is 0 Å². The highest BCUT2D eigenvalue weighted by Crippen LogP contribution is 2.13. The number of esters is 1. The molecule has 0 atom stereocenters. The Bertz CT molecular complexity index is 1340. The van der Waals surface area contributed by atoms with E-state index in [9.17, 15) is 19.2 Å². The summed E-state index contributed by atoms with van der Waals surface area (Å²) in [6.45, 7) is 0. The summed E-state index contributed by atoms with van der Waals surface area (Å²) >= 11 is 0. The molecule has 29 heavy (non-hydrogen) atoms. The molecule has 146 valence electrons. The smallest absolute Gasteiger partial charge is 0.340 e. The summed E-state index contributed by atoms with van der Waals surface area (Å²) in [6, 6.07) is 9.26. The predicted octanol–water partition coefficient (Wildman–Crippen LogP) is 1.33. The van der Waals surface area contributed by atoms with Crippen molar-refractivity contribution in [1.82, 2.24) is 19.9 Å². The number of carboxylic acids is 1. The highest BCUT2D eigenvalue weighted by molar-refractivity contribution is 6.02. The van der Waals surface area contributed by atoms with Crippen LogP contribution in [0.4, 0.5) is 0 Å². The molecule has 0 aliphatic heterocycles. The number of carboxylic acid groups (broad SMARTS) is 1. The number of hydrogen-bond acceptors (Lipinski definition) is 7. The number of aromatic carboxylic acids is 1. The van der Waals surface area contributed by atoms with Crippen molar-refractivity contribution in [3.05, 3.63) is 80.9 Å². The van der Waals surface area contributed by atoms with Crippen LogP contribution in [0.15, 0.2) is 58.6 Å². The Morgan fingerprint density at radius 2 is 1.34 bits per heavy atom. The lowest BCUT2D eigenvalue weighted by atomic mass is 10.1. The topological polar surface area (TPSA) is 155 Å². The van der Waals surface area contributed by atoms with Crippen molar-refractivity contribution < 1.29 is 19.4 Å². The fourth-order valence-electron chi connectivity index (χ4n) is 2.65.